The summed E-state index contributed by atoms with van der Waals surface area (Å²) in [4.78, 5) is 65.9. The molecule has 4 rings (SSSR count). The lowest BCUT2D eigenvalue weighted by atomic mass is 9.94. The topological polar surface area (TPSA) is 152 Å². The van der Waals surface area contributed by atoms with Crippen LogP contribution in [0.1, 0.15) is 46.2 Å². The van der Waals surface area contributed by atoms with Gasteiger partial charge in [0.15, 0.2) is 12.4 Å². The number of carbonyl (C=O) groups excluding carboxylic acids is 5. The van der Waals surface area contributed by atoms with E-state index in [2.05, 4.69) is 15.7 Å². The minimum atomic E-state index is -5.24. The first kappa shape index (κ1) is 35.0. The second-order valence-corrected chi connectivity index (χ2v) is 12.9. The predicted molar refractivity (Wildman–Crippen MR) is 145 cm³/mol. The number of likely N-dealkylation sites (tertiary alicyclic amines) is 1. The van der Waals surface area contributed by atoms with Crippen LogP contribution in [0.4, 0.5) is 26.3 Å². The number of Topliss-reactive ketones (excluding diaryl/α,β-unsaturated/α-hetero) is 1. The molecular weight excluding hydrogens is 630 g/mol. The molecule has 3 aliphatic rings. The van der Waals surface area contributed by atoms with Crippen molar-refractivity contribution in [3.63, 3.8) is 0 Å². The van der Waals surface area contributed by atoms with E-state index in [1.165, 1.54) is 13.8 Å². The summed E-state index contributed by atoms with van der Waals surface area (Å²) in [6.45, 7) is 6.14. The molecular formula is C28H36F6N6O6. The monoisotopic (exact) mass is 666 g/mol. The normalized spacial score (nSPS) is 25.0. The van der Waals surface area contributed by atoms with E-state index in [-0.39, 0.29) is 24.8 Å². The van der Waals surface area contributed by atoms with Gasteiger partial charge in [-0.25, -0.2) is 0 Å². The van der Waals surface area contributed by atoms with Crippen molar-refractivity contribution >= 4 is 29.4 Å². The van der Waals surface area contributed by atoms with Gasteiger partial charge in [-0.3, -0.25) is 28.7 Å². The number of halogens is 6. The number of fused-ring (bicyclic) bond motifs is 1. The summed E-state index contributed by atoms with van der Waals surface area (Å²) in [5.41, 5.74) is -1.55. The molecule has 12 nitrogen and oxygen atoms in total. The van der Waals surface area contributed by atoms with Crippen LogP contribution in [0, 0.1) is 29.1 Å². The Balaban J connectivity index is 1.55. The number of aromatic nitrogens is 2. The van der Waals surface area contributed by atoms with E-state index in [9.17, 15) is 50.3 Å². The smallest absolute Gasteiger partial charge is 0.469 e. The maximum absolute atomic E-state index is 13.9. The zero-order valence-electron chi connectivity index (χ0n) is 25.7. The molecule has 0 radical (unpaired) electrons. The Labute approximate surface area is 259 Å². The predicted octanol–water partition coefficient (Wildman–Crippen LogP) is 1.58. The van der Waals surface area contributed by atoms with Gasteiger partial charge in [0.25, 0.3) is 0 Å². The van der Waals surface area contributed by atoms with Crippen LogP contribution < -0.4 is 20.7 Å². The second kappa shape index (κ2) is 12.4. The molecule has 46 heavy (non-hydrogen) atoms. The van der Waals surface area contributed by atoms with E-state index < -0.39 is 95.3 Å². The third kappa shape index (κ3) is 7.09. The molecule has 2 saturated heterocycles. The van der Waals surface area contributed by atoms with Gasteiger partial charge in [0.2, 0.25) is 23.6 Å². The first-order valence-electron chi connectivity index (χ1n) is 14.7. The van der Waals surface area contributed by atoms with Crippen LogP contribution in [0.25, 0.3) is 0 Å². The van der Waals surface area contributed by atoms with Crippen LogP contribution in [0.5, 0.6) is 5.88 Å². The Kier molecular flexibility index (Phi) is 9.43. The molecule has 256 valence electrons. The number of nitrogens with zero attached hydrogens (tertiary/aromatic N) is 3. The number of hydrogen-bond acceptors (Lipinski definition) is 7. The third-order valence-corrected chi connectivity index (χ3v) is 9.14. The minimum absolute atomic E-state index is 0.0215. The van der Waals surface area contributed by atoms with Crippen molar-refractivity contribution in [2.24, 2.45) is 36.1 Å². The van der Waals surface area contributed by atoms with Gasteiger partial charge in [0.05, 0.1) is 6.04 Å². The molecule has 0 bridgehead atoms. The van der Waals surface area contributed by atoms with Crippen molar-refractivity contribution in [1.29, 1.82) is 0 Å². The third-order valence-electron chi connectivity index (χ3n) is 9.14. The summed E-state index contributed by atoms with van der Waals surface area (Å²) in [6.07, 6.45) is -9.81. The molecule has 4 amide bonds. The van der Waals surface area contributed by atoms with E-state index in [1.54, 1.807) is 5.32 Å². The number of aryl methyl sites for hydroxylation is 1. The molecule has 1 saturated carbocycles. The highest BCUT2D eigenvalue weighted by molar-refractivity contribution is 5.97. The van der Waals surface area contributed by atoms with Gasteiger partial charge in [0, 0.05) is 32.1 Å². The van der Waals surface area contributed by atoms with Gasteiger partial charge < -0.3 is 25.6 Å². The number of carbonyl (C=O) groups is 5. The fourth-order valence-corrected chi connectivity index (χ4v) is 6.43. The molecule has 0 aromatic carbocycles. The van der Waals surface area contributed by atoms with Crippen molar-refractivity contribution in [2.45, 2.75) is 71.0 Å². The zero-order valence-corrected chi connectivity index (χ0v) is 25.7. The first-order chi connectivity index (χ1) is 21.1. The van der Waals surface area contributed by atoms with Crippen molar-refractivity contribution in [2.75, 3.05) is 19.7 Å². The van der Waals surface area contributed by atoms with Crippen molar-refractivity contribution in [1.82, 2.24) is 30.6 Å². The number of hydrogen-bond donors (Lipinski definition) is 3. The lowest BCUT2D eigenvalue weighted by molar-refractivity contribution is -0.175. The molecule has 1 aromatic heterocycles. The van der Waals surface area contributed by atoms with Crippen molar-refractivity contribution < 1.29 is 55.1 Å². The second-order valence-electron chi connectivity index (χ2n) is 12.9. The van der Waals surface area contributed by atoms with E-state index in [1.807, 2.05) is 13.8 Å². The number of ketones is 1. The molecule has 0 unspecified atom stereocenters. The Morgan fingerprint density at radius 1 is 1.13 bits per heavy atom. The Bertz CT molecular complexity index is 1390. The molecule has 3 fully saturated rings. The number of rotatable bonds is 11. The highest BCUT2D eigenvalue weighted by Gasteiger charge is 2.69. The van der Waals surface area contributed by atoms with Gasteiger partial charge in [-0.15, -0.1) is 5.10 Å². The van der Waals surface area contributed by atoms with Crippen molar-refractivity contribution in [3.8, 4) is 5.88 Å². The van der Waals surface area contributed by atoms with Gasteiger partial charge in [0.1, 0.15) is 17.8 Å². The largest absolute Gasteiger partial charge is 0.471 e. The lowest BCUT2D eigenvalue weighted by Gasteiger charge is -2.35. The maximum atomic E-state index is 13.9. The standard InChI is InChI=1S/C28H36F6N6O6/c1-12(2)20(37-25(45)28(32,33)34)24(44)40-10-14-19(26(14,3)4)21(40)23(43)36-15(8-13-6-7-35-22(13)42)16(41)11-46-18-9-17(27(29,30)31)39(5)38-18/h9,12-15,19-21H,6-8,10-11H2,1-5H3,(H,35,42)(H,36,43)(H,37,45)/t13-,14-,15-,19-,20-,21-/m0/s1. The summed E-state index contributed by atoms with van der Waals surface area (Å²) < 4.78 is 84.3. The van der Waals surface area contributed by atoms with Crippen molar-refractivity contribution in [3.05, 3.63) is 11.8 Å². The summed E-state index contributed by atoms with van der Waals surface area (Å²) in [5.74, 6) is -7.72. The van der Waals surface area contributed by atoms with Crippen LogP contribution in [-0.4, -0.2) is 88.1 Å². The molecule has 18 heteroatoms. The van der Waals surface area contributed by atoms with Crippen LogP contribution >= 0.6 is 0 Å². The molecule has 6 atom stereocenters. The van der Waals surface area contributed by atoms with Crippen LogP contribution in [0.15, 0.2) is 6.07 Å². The fourth-order valence-electron chi connectivity index (χ4n) is 6.43. The highest BCUT2D eigenvalue weighted by atomic mass is 19.4. The average Bonchev–Trinajstić information content (AvgIpc) is 3.42. The quantitative estimate of drug-likeness (QED) is 0.304. The number of nitrogens with one attached hydrogen (secondary N) is 3. The molecule has 1 aromatic rings. The Morgan fingerprint density at radius 3 is 2.30 bits per heavy atom. The summed E-state index contributed by atoms with van der Waals surface area (Å²) in [6, 6.07) is -3.57. The number of alkyl halides is 6. The van der Waals surface area contributed by atoms with Crippen LogP contribution in [-0.2, 0) is 37.2 Å². The fraction of sp³-hybridized carbons (Fsp3) is 0.714. The lowest BCUT2D eigenvalue weighted by Crippen LogP contribution is -2.59. The van der Waals surface area contributed by atoms with Crippen LogP contribution in [0.3, 0.4) is 0 Å². The molecule has 3 heterocycles. The Hall–Kier alpha value is -3.86. The maximum Gasteiger partial charge on any atom is 0.471 e. The Morgan fingerprint density at radius 2 is 1.78 bits per heavy atom. The minimum Gasteiger partial charge on any atom is -0.469 e. The highest BCUT2D eigenvalue weighted by Crippen LogP contribution is 2.65. The van der Waals surface area contributed by atoms with E-state index in [0.29, 0.717) is 23.7 Å². The average molecular weight is 667 g/mol. The number of amides is 4. The SMILES string of the molecule is CC(C)[C@H](NC(=O)C(F)(F)F)C(=O)N1C[C@H]2[C@@H]([C@H]1C(=O)N[C@@H](C[C@@H]1CCNC1=O)C(=O)COc1cc(C(F)(F)F)n(C)n1)C2(C)C. The number of piperidine rings is 1. The van der Waals surface area contributed by atoms with Gasteiger partial charge in [-0.05, 0) is 36.0 Å². The summed E-state index contributed by atoms with van der Waals surface area (Å²) in [5, 5.41) is 10.5. The molecule has 1 aliphatic carbocycles. The van der Waals surface area contributed by atoms with E-state index in [0.717, 1.165) is 11.9 Å². The number of ether oxygens (including phenoxy) is 1. The van der Waals surface area contributed by atoms with Gasteiger partial charge >= 0.3 is 18.3 Å². The summed E-state index contributed by atoms with van der Waals surface area (Å²) >= 11 is 0. The zero-order chi connectivity index (χ0) is 34.5. The molecule has 3 N–H and O–H groups in total. The molecule has 2 aliphatic heterocycles. The van der Waals surface area contributed by atoms with Gasteiger partial charge in [-0.1, -0.05) is 27.7 Å². The molecule has 0 spiro atoms. The van der Waals surface area contributed by atoms with Crippen LogP contribution in [0.2, 0.25) is 0 Å². The van der Waals surface area contributed by atoms with Gasteiger partial charge in [-0.2, -0.15) is 26.3 Å². The van der Waals surface area contributed by atoms with E-state index in [4.69, 9.17) is 4.74 Å². The first-order valence-corrected chi connectivity index (χ1v) is 14.7. The summed E-state index contributed by atoms with van der Waals surface area (Å²) in [7, 11) is 1.04. The van der Waals surface area contributed by atoms with E-state index >= 15 is 0 Å².